The normalized spacial score (nSPS) is 21.4. The van der Waals surface area contributed by atoms with Crippen molar-refractivity contribution in [2.45, 2.75) is 31.8 Å². The van der Waals surface area contributed by atoms with E-state index in [-0.39, 0.29) is 5.91 Å². The van der Waals surface area contributed by atoms with Crippen molar-refractivity contribution >= 4 is 5.91 Å². The fourth-order valence-electron chi connectivity index (χ4n) is 3.76. The number of carbonyl (C=O) groups excluding carboxylic acids is 1. The molecule has 0 aliphatic carbocycles. The van der Waals surface area contributed by atoms with Crippen molar-refractivity contribution in [1.29, 1.82) is 0 Å². The quantitative estimate of drug-likeness (QED) is 0.945. The number of benzene rings is 1. The van der Waals surface area contributed by atoms with E-state index in [0.717, 1.165) is 44.7 Å². The van der Waals surface area contributed by atoms with Crippen molar-refractivity contribution in [3.05, 3.63) is 53.3 Å². The van der Waals surface area contributed by atoms with Gasteiger partial charge in [0.25, 0.3) is 0 Å². The van der Waals surface area contributed by atoms with E-state index in [1.54, 1.807) is 6.20 Å². The lowest BCUT2D eigenvalue weighted by Gasteiger charge is -2.33. The lowest BCUT2D eigenvalue weighted by atomic mass is 9.95. The molecule has 0 saturated carbocycles. The van der Waals surface area contributed by atoms with Crippen molar-refractivity contribution in [3.63, 3.8) is 0 Å². The van der Waals surface area contributed by atoms with Crippen LogP contribution in [0.1, 0.15) is 35.6 Å². The largest absolute Gasteiger partial charge is 0.341 e. The first-order valence-electron chi connectivity index (χ1n) is 8.36. The second-order valence-corrected chi connectivity index (χ2v) is 6.60. The third kappa shape index (κ3) is 3.01. The highest BCUT2D eigenvalue weighted by atomic mass is 16.2. The van der Waals surface area contributed by atoms with Crippen LogP contribution < -0.4 is 0 Å². The summed E-state index contributed by atoms with van der Waals surface area (Å²) in [5, 5.41) is 7.09. The average Bonchev–Trinajstić information content (AvgIpc) is 3.24. The van der Waals surface area contributed by atoms with Crippen LogP contribution in [0, 0.1) is 0 Å². The maximum atomic E-state index is 12.7. The summed E-state index contributed by atoms with van der Waals surface area (Å²) in [4.78, 5) is 16.9. The zero-order chi connectivity index (χ0) is 15.6. The molecule has 2 aliphatic heterocycles. The number of amides is 1. The SMILES string of the molecule is O=C(CN1Cc2ccccc2C1)N1CCC[C@@H](c2ccn[nH]2)C1. The molecule has 4 rings (SSSR count). The van der Waals surface area contributed by atoms with Gasteiger partial charge in [-0.3, -0.25) is 14.8 Å². The number of fused-ring (bicyclic) bond motifs is 1. The van der Waals surface area contributed by atoms with E-state index in [4.69, 9.17) is 0 Å². The van der Waals surface area contributed by atoms with E-state index in [2.05, 4.69) is 39.4 Å². The van der Waals surface area contributed by atoms with Gasteiger partial charge in [0.05, 0.1) is 6.54 Å². The highest BCUT2D eigenvalue weighted by molar-refractivity contribution is 5.78. The molecular weight excluding hydrogens is 288 g/mol. The first-order chi connectivity index (χ1) is 11.3. The fourth-order valence-corrected chi connectivity index (χ4v) is 3.76. The Labute approximate surface area is 136 Å². The lowest BCUT2D eigenvalue weighted by Crippen LogP contribution is -2.43. The number of piperidine rings is 1. The number of likely N-dealkylation sites (tertiary alicyclic amines) is 1. The van der Waals surface area contributed by atoms with Crippen LogP contribution in [0.3, 0.4) is 0 Å². The van der Waals surface area contributed by atoms with Crippen molar-refractivity contribution < 1.29 is 4.79 Å². The summed E-state index contributed by atoms with van der Waals surface area (Å²) in [7, 11) is 0. The Bertz CT molecular complexity index is 657. The van der Waals surface area contributed by atoms with Crippen molar-refractivity contribution in [1.82, 2.24) is 20.0 Å². The maximum Gasteiger partial charge on any atom is 0.236 e. The topological polar surface area (TPSA) is 52.2 Å². The van der Waals surface area contributed by atoms with Gasteiger partial charge in [-0.1, -0.05) is 24.3 Å². The predicted octanol–water partition coefficient (Wildman–Crippen LogP) is 2.13. The van der Waals surface area contributed by atoms with E-state index in [0.29, 0.717) is 12.5 Å². The van der Waals surface area contributed by atoms with Gasteiger partial charge in [0.15, 0.2) is 0 Å². The second-order valence-electron chi connectivity index (χ2n) is 6.60. The van der Waals surface area contributed by atoms with Crippen molar-refractivity contribution in [3.8, 4) is 0 Å². The zero-order valence-corrected chi connectivity index (χ0v) is 13.2. The molecule has 2 aromatic rings. The third-order valence-electron chi connectivity index (χ3n) is 5.00. The number of carbonyl (C=O) groups is 1. The molecule has 1 atom stereocenters. The van der Waals surface area contributed by atoms with Crippen LogP contribution in [0.2, 0.25) is 0 Å². The molecule has 1 saturated heterocycles. The summed E-state index contributed by atoms with van der Waals surface area (Å²) in [6, 6.07) is 10.5. The van der Waals surface area contributed by atoms with Crippen LogP contribution in [0.25, 0.3) is 0 Å². The first kappa shape index (κ1) is 14.5. The molecular formula is C18H22N4O. The molecule has 1 aromatic carbocycles. The van der Waals surface area contributed by atoms with Gasteiger partial charge in [0.1, 0.15) is 0 Å². The summed E-state index contributed by atoms with van der Waals surface area (Å²) < 4.78 is 0. The number of aromatic nitrogens is 2. The van der Waals surface area contributed by atoms with Gasteiger partial charge in [-0.25, -0.2) is 0 Å². The van der Waals surface area contributed by atoms with Gasteiger partial charge >= 0.3 is 0 Å². The molecule has 5 heteroatoms. The summed E-state index contributed by atoms with van der Waals surface area (Å²) in [6.07, 6.45) is 3.98. The third-order valence-corrected chi connectivity index (χ3v) is 5.00. The number of aromatic amines is 1. The van der Waals surface area contributed by atoms with E-state index in [1.165, 1.54) is 11.1 Å². The molecule has 0 radical (unpaired) electrons. The molecule has 0 unspecified atom stereocenters. The van der Waals surface area contributed by atoms with Gasteiger partial charge in [-0.2, -0.15) is 5.10 Å². The standard InChI is InChI=1S/C18H22N4O/c23-18(13-21-10-14-4-1-2-5-15(14)11-21)22-9-3-6-16(12-22)17-7-8-19-20-17/h1-2,4-5,7-8,16H,3,6,9-13H2,(H,19,20)/t16-/m1/s1. The smallest absolute Gasteiger partial charge is 0.236 e. The predicted molar refractivity (Wildman–Crippen MR) is 87.7 cm³/mol. The molecule has 120 valence electrons. The van der Waals surface area contributed by atoms with E-state index < -0.39 is 0 Å². The molecule has 1 N–H and O–H groups in total. The number of nitrogens with one attached hydrogen (secondary N) is 1. The van der Waals surface area contributed by atoms with Gasteiger partial charge in [0, 0.05) is 44.0 Å². The Balaban J connectivity index is 1.36. The van der Waals surface area contributed by atoms with Crippen LogP contribution in [-0.4, -0.2) is 45.5 Å². The monoisotopic (exact) mass is 310 g/mol. The number of hydrogen-bond acceptors (Lipinski definition) is 3. The van der Waals surface area contributed by atoms with Gasteiger partial charge in [-0.15, -0.1) is 0 Å². The number of hydrogen-bond donors (Lipinski definition) is 1. The molecule has 1 amide bonds. The first-order valence-corrected chi connectivity index (χ1v) is 8.36. The molecule has 1 fully saturated rings. The van der Waals surface area contributed by atoms with E-state index in [1.807, 2.05) is 11.0 Å². The van der Waals surface area contributed by atoms with Crippen LogP contribution in [-0.2, 0) is 17.9 Å². The molecule has 23 heavy (non-hydrogen) atoms. The van der Waals surface area contributed by atoms with Gasteiger partial charge in [0.2, 0.25) is 5.91 Å². The second kappa shape index (κ2) is 6.16. The molecule has 5 nitrogen and oxygen atoms in total. The highest BCUT2D eigenvalue weighted by Crippen LogP contribution is 2.26. The van der Waals surface area contributed by atoms with Crippen LogP contribution in [0.15, 0.2) is 36.5 Å². The minimum Gasteiger partial charge on any atom is -0.341 e. The van der Waals surface area contributed by atoms with Gasteiger partial charge in [-0.05, 0) is 30.0 Å². The zero-order valence-electron chi connectivity index (χ0n) is 13.2. The summed E-state index contributed by atoms with van der Waals surface area (Å²) in [5.41, 5.74) is 3.86. The number of nitrogens with zero attached hydrogens (tertiary/aromatic N) is 3. The molecule has 0 spiro atoms. The summed E-state index contributed by atoms with van der Waals surface area (Å²) in [6.45, 7) is 3.98. The highest BCUT2D eigenvalue weighted by Gasteiger charge is 2.28. The fraction of sp³-hybridized carbons (Fsp3) is 0.444. The molecule has 2 aliphatic rings. The Hall–Kier alpha value is -2.14. The van der Waals surface area contributed by atoms with Crippen molar-refractivity contribution in [2.75, 3.05) is 19.6 Å². The van der Waals surface area contributed by atoms with E-state index >= 15 is 0 Å². The lowest BCUT2D eigenvalue weighted by molar-refractivity contribution is -0.133. The van der Waals surface area contributed by atoms with Crippen LogP contribution in [0.4, 0.5) is 0 Å². The Morgan fingerprint density at radius 1 is 1.22 bits per heavy atom. The number of rotatable bonds is 3. The minimum atomic E-state index is 0.252. The maximum absolute atomic E-state index is 12.7. The molecule has 3 heterocycles. The van der Waals surface area contributed by atoms with E-state index in [9.17, 15) is 4.79 Å². The van der Waals surface area contributed by atoms with Crippen LogP contribution in [0.5, 0.6) is 0 Å². The summed E-state index contributed by atoms with van der Waals surface area (Å²) >= 11 is 0. The minimum absolute atomic E-state index is 0.252. The van der Waals surface area contributed by atoms with Gasteiger partial charge < -0.3 is 4.90 Å². The summed E-state index contributed by atoms with van der Waals surface area (Å²) in [5.74, 6) is 0.646. The Kier molecular flexibility index (Phi) is 3.87. The Morgan fingerprint density at radius 3 is 2.70 bits per heavy atom. The average molecular weight is 310 g/mol. The van der Waals surface area contributed by atoms with Crippen LogP contribution >= 0.6 is 0 Å². The number of H-pyrrole nitrogens is 1. The molecule has 1 aromatic heterocycles. The van der Waals surface area contributed by atoms with Crippen molar-refractivity contribution in [2.24, 2.45) is 0 Å². The molecule has 0 bridgehead atoms. The Morgan fingerprint density at radius 2 is 2.00 bits per heavy atom.